The van der Waals surface area contributed by atoms with Crippen LogP contribution in [0.1, 0.15) is 13.8 Å². The summed E-state index contributed by atoms with van der Waals surface area (Å²) >= 11 is 0. The maximum absolute atomic E-state index is 10.7. The zero-order valence-corrected chi connectivity index (χ0v) is 13.4. The molecule has 1 saturated heterocycles. The Balaban J connectivity index is 2.20. The molecule has 0 amide bonds. The number of imidazole rings is 1. The van der Waals surface area contributed by atoms with Gasteiger partial charge in [0.2, 0.25) is 0 Å². The molecule has 0 bridgehead atoms. The van der Waals surface area contributed by atoms with Gasteiger partial charge in [-0.2, -0.15) is 0 Å². The van der Waals surface area contributed by atoms with Gasteiger partial charge in [-0.25, -0.2) is 15.0 Å². The first kappa shape index (κ1) is 16.8. The van der Waals surface area contributed by atoms with Crippen molar-refractivity contribution in [3.05, 3.63) is 24.8 Å². The van der Waals surface area contributed by atoms with Crippen LogP contribution in [0.2, 0.25) is 0 Å². The summed E-state index contributed by atoms with van der Waals surface area (Å²) in [5.41, 5.74) is 5.09. The number of aliphatic hydroxyl groups is 3. The smallest absolute Gasteiger partial charge is 0.195 e. The van der Waals surface area contributed by atoms with Gasteiger partial charge in [-0.05, 0) is 12.0 Å². The minimum atomic E-state index is -1.45. The third-order valence-corrected chi connectivity index (χ3v) is 4.11. The van der Waals surface area contributed by atoms with Gasteiger partial charge in [0.15, 0.2) is 17.2 Å². The Morgan fingerprint density at radius 2 is 2.12 bits per heavy atom. The van der Waals surface area contributed by atoms with Crippen LogP contribution in [0.4, 0.5) is 5.82 Å². The van der Waals surface area contributed by atoms with Crippen molar-refractivity contribution in [1.82, 2.24) is 19.5 Å². The Bertz CT molecular complexity index is 761. The SMILES string of the molecule is CC(C)/C=C\[C@@]1(n2cnc3c(N)ncnc32)O[C@H](CO)[C@@H](O)[C@H]1O. The number of nitrogen functional groups attached to an aromatic ring is 1. The fourth-order valence-electron chi connectivity index (χ4n) is 2.83. The molecule has 3 heterocycles. The summed E-state index contributed by atoms with van der Waals surface area (Å²) in [4.78, 5) is 12.2. The molecule has 0 unspecified atom stereocenters. The lowest BCUT2D eigenvalue weighted by Gasteiger charge is -2.31. The fourth-order valence-corrected chi connectivity index (χ4v) is 2.83. The van der Waals surface area contributed by atoms with Gasteiger partial charge in [-0.1, -0.05) is 19.9 Å². The van der Waals surface area contributed by atoms with Crippen LogP contribution in [0.5, 0.6) is 0 Å². The molecule has 5 N–H and O–H groups in total. The summed E-state index contributed by atoms with van der Waals surface area (Å²) in [7, 11) is 0. The number of allylic oxidation sites excluding steroid dienone is 1. The van der Waals surface area contributed by atoms with Crippen LogP contribution in [0.15, 0.2) is 24.8 Å². The Morgan fingerprint density at radius 1 is 1.38 bits per heavy atom. The minimum Gasteiger partial charge on any atom is -0.394 e. The van der Waals surface area contributed by atoms with Crippen molar-refractivity contribution < 1.29 is 20.1 Å². The van der Waals surface area contributed by atoms with E-state index in [1.165, 1.54) is 17.2 Å². The van der Waals surface area contributed by atoms with E-state index in [2.05, 4.69) is 15.0 Å². The van der Waals surface area contributed by atoms with E-state index in [9.17, 15) is 15.3 Å². The molecule has 1 fully saturated rings. The average molecular weight is 335 g/mol. The summed E-state index contributed by atoms with van der Waals surface area (Å²) in [5, 5.41) is 30.3. The highest BCUT2D eigenvalue weighted by molar-refractivity contribution is 5.81. The summed E-state index contributed by atoms with van der Waals surface area (Å²) in [6.45, 7) is 3.51. The minimum absolute atomic E-state index is 0.178. The van der Waals surface area contributed by atoms with Crippen molar-refractivity contribution in [3.63, 3.8) is 0 Å². The summed E-state index contributed by atoms with van der Waals surface area (Å²) in [6.07, 6.45) is 2.69. The van der Waals surface area contributed by atoms with Crippen molar-refractivity contribution in [2.75, 3.05) is 12.3 Å². The molecule has 9 nitrogen and oxygen atoms in total. The molecule has 9 heteroatoms. The lowest BCUT2D eigenvalue weighted by Crippen LogP contribution is -2.44. The standard InChI is InChI=1S/C15H21N5O4/c1-8(2)3-4-15(12(23)11(22)9(5-21)24-15)20-7-19-10-13(16)17-6-18-14(10)20/h3-4,6-9,11-12,21-23H,5H2,1-2H3,(H2,16,17,18)/b4-3-/t9-,11-,12-,15-/m1/s1. The largest absolute Gasteiger partial charge is 0.394 e. The molecule has 130 valence electrons. The Labute approximate surface area is 138 Å². The van der Waals surface area contributed by atoms with E-state index >= 15 is 0 Å². The Morgan fingerprint density at radius 3 is 2.75 bits per heavy atom. The molecule has 2 aromatic heterocycles. The maximum Gasteiger partial charge on any atom is 0.195 e. The molecule has 2 aromatic rings. The predicted octanol–water partition coefficient (Wildman–Crippen LogP) is -0.614. The molecule has 4 atom stereocenters. The summed E-state index contributed by atoms with van der Waals surface area (Å²) in [6, 6.07) is 0. The summed E-state index contributed by atoms with van der Waals surface area (Å²) < 4.78 is 7.35. The number of nitrogens with zero attached hydrogens (tertiary/aromatic N) is 4. The van der Waals surface area contributed by atoms with Crippen molar-refractivity contribution >= 4 is 17.0 Å². The molecule has 0 saturated carbocycles. The van der Waals surface area contributed by atoms with E-state index in [1.807, 2.05) is 19.9 Å². The number of fused-ring (bicyclic) bond motifs is 1. The van der Waals surface area contributed by atoms with Crippen LogP contribution in [-0.4, -0.2) is 59.8 Å². The Hall–Kier alpha value is -2.07. The number of ether oxygens (including phenoxy) is 1. The maximum atomic E-state index is 10.7. The third kappa shape index (κ3) is 2.46. The average Bonchev–Trinajstić information content (AvgIpc) is 3.09. The lowest BCUT2D eigenvalue weighted by molar-refractivity contribution is -0.110. The first-order chi connectivity index (χ1) is 11.4. The molecule has 0 aliphatic carbocycles. The highest BCUT2D eigenvalue weighted by atomic mass is 16.6. The van der Waals surface area contributed by atoms with Crippen LogP contribution in [0.3, 0.4) is 0 Å². The molecule has 3 rings (SSSR count). The lowest BCUT2D eigenvalue weighted by atomic mass is 10.00. The topological polar surface area (TPSA) is 140 Å². The van der Waals surface area contributed by atoms with Crippen molar-refractivity contribution in [1.29, 1.82) is 0 Å². The number of rotatable bonds is 4. The molecule has 0 aromatic carbocycles. The van der Waals surface area contributed by atoms with E-state index in [4.69, 9.17) is 10.5 Å². The third-order valence-electron chi connectivity index (χ3n) is 4.11. The first-order valence-electron chi connectivity index (χ1n) is 7.69. The molecule has 0 radical (unpaired) electrons. The molecule has 0 spiro atoms. The van der Waals surface area contributed by atoms with Crippen LogP contribution >= 0.6 is 0 Å². The number of aliphatic hydroxyl groups excluding tert-OH is 3. The van der Waals surface area contributed by atoms with E-state index in [-0.39, 0.29) is 11.7 Å². The second-order valence-corrected chi connectivity index (χ2v) is 6.17. The van der Waals surface area contributed by atoms with Gasteiger partial charge in [0.1, 0.15) is 30.2 Å². The predicted molar refractivity (Wildman–Crippen MR) is 85.7 cm³/mol. The molecule has 24 heavy (non-hydrogen) atoms. The zero-order valence-electron chi connectivity index (χ0n) is 13.4. The van der Waals surface area contributed by atoms with E-state index in [1.54, 1.807) is 6.08 Å². The molecule has 1 aliphatic rings. The van der Waals surface area contributed by atoms with E-state index < -0.39 is 30.6 Å². The number of nitrogens with two attached hydrogens (primary N) is 1. The Kier molecular flexibility index (Phi) is 4.26. The van der Waals surface area contributed by atoms with Crippen molar-refractivity contribution in [3.8, 4) is 0 Å². The number of anilines is 1. The highest BCUT2D eigenvalue weighted by Gasteiger charge is 2.54. The molecule has 1 aliphatic heterocycles. The van der Waals surface area contributed by atoms with Gasteiger partial charge in [-0.15, -0.1) is 0 Å². The number of aromatic nitrogens is 4. The number of hydrogen-bond acceptors (Lipinski definition) is 8. The van der Waals surface area contributed by atoms with Crippen LogP contribution in [-0.2, 0) is 10.5 Å². The van der Waals surface area contributed by atoms with E-state index in [0.717, 1.165) is 0 Å². The van der Waals surface area contributed by atoms with Gasteiger partial charge in [-0.3, -0.25) is 4.57 Å². The first-order valence-corrected chi connectivity index (χ1v) is 7.69. The normalized spacial score (nSPS) is 30.8. The monoisotopic (exact) mass is 335 g/mol. The van der Waals surface area contributed by atoms with Crippen LogP contribution in [0, 0.1) is 5.92 Å². The van der Waals surface area contributed by atoms with E-state index in [0.29, 0.717) is 11.2 Å². The van der Waals surface area contributed by atoms with Gasteiger partial charge in [0.05, 0.1) is 12.9 Å². The van der Waals surface area contributed by atoms with Gasteiger partial charge < -0.3 is 25.8 Å². The second-order valence-electron chi connectivity index (χ2n) is 6.17. The second kappa shape index (κ2) is 6.10. The number of hydrogen-bond donors (Lipinski definition) is 4. The highest BCUT2D eigenvalue weighted by Crippen LogP contribution is 2.39. The van der Waals surface area contributed by atoms with Crippen molar-refractivity contribution in [2.45, 2.75) is 37.9 Å². The van der Waals surface area contributed by atoms with Gasteiger partial charge >= 0.3 is 0 Å². The fraction of sp³-hybridized carbons (Fsp3) is 0.533. The van der Waals surface area contributed by atoms with Crippen molar-refractivity contribution in [2.24, 2.45) is 5.92 Å². The zero-order chi connectivity index (χ0) is 17.5. The molecular weight excluding hydrogens is 314 g/mol. The van der Waals surface area contributed by atoms with Crippen LogP contribution in [0.25, 0.3) is 11.2 Å². The van der Waals surface area contributed by atoms with Crippen LogP contribution < -0.4 is 5.73 Å². The summed E-state index contributed by atoms with van der Waals surface area (Å²) in [5.74, 6) is 0.381. The quantitative estimate of drug-likeness (QED) is 0.542. The molecular formula is C15H21N5O4. The van der Waals surface area contributed by atoms with Gasteiger partial charge in [0, 0.05) is 0 Å². The van der Waals surface area contributed by atoms with Gasteiger partial charge in [0.25, 0.3) is 0 Å².